The number of benzene rings is 1. The van der Waals surface area contributed by atoms with Crippen molar-refractivity contribution in [3.8, 4) is 11.3 Å². The van der Waals surface area contributed by atoms with Crippen LogP contribution in [0.15, 0.2) is 36.4 Å². The minimum Gasteiger partial charge on any atom is -0.309 e. The van der Waals surface area contributed by atoms with Crippen molar-refractivity contribution in [1.82, 2.24) is 30.2 Å². The number of rotatable bonds is 4. The molecule has 1 aromatic carbocycles. The highest BCUT2D eigenvalue weighted by Gasteiger charge is 2.24. The fourth-order valence-electron chi connectivity index (χ4n) is 4.31. The Kier molecular flexibility index (Phi) is 7.82. The third-order valence-electron chi connectivity index (χ3n) is 5.88. The second-order valence-corrected chi connectivity index (χ2v) is 8.17. The van der Waals surface area contributed by atoms with Crippen LogP contribution in [0.4, 0.5) is 0 Å². The highest BCUT2D eigenvalue weighted by atomic mass is 35.5. The van der Waals surface area contributed by atoms with E-state index in [1.54, 1.807) is 0 Å². The Hall–Kier alpha value is -1.57. The van der Waals surface area contributed by atoms with Crippen molar-refractivity contribution in [3.63, 3.8) is 0 Å². The molecule has 5 rings (SSSR count). The van der Waals surface area contributed by atoms with Crippen molar-refractivity contribution in [2.75, 3.05) is 19.6 Å². The maximum atomic E-state index is 6.32. The third-order valence-corrected chi connectivity index (χ3v) is 6.21. The van der Waals surface area contributed by atoms with E-state index < -0.39 is 0 Å². The molecule has 2 aliphatic rings. The topological polar surface area (TPSA) is 61.8 Å². The Labute approximate surface area is 194 Å². The third kappa shape index (κ3) is 4.84. The first-order chi connectivity index (χ1) is 13.8. The first-order valence-corrected chi connectivity index (χ1v) is 10.4. The van der Waals surface area contributed by atoms with Crippen molar-refractivity contribution >= 4 is 36.4 Å². The largest absolute Gasteiger partial charge is 0.309 e. The summed E-state index contributed by atoms with van der Waals surface area (Å²) >= 11 is 6.32. The number of H-pyrrole nitrogens is 1. The fraction of sp³-hybridized carbons (Fsp3) is 0.429. The van der Waals surface area contributed by atoms with Gasteiger partial charge in [-0.25, -0.2) is 0 Å². The summed E-state index contributed by atoms with van der Waals surface area (Å²) < 4.78 is 2.15. The minimum absolute atomic E-state index is 0. The summed E-state index contributed by atoms with van der Waals surface area (Å²) in [5.41, 5.74) is 5.64. The lowest BCUT2D eigenvalue weighted by molar-refractivity contribution is 0.200. The zero-order valence-electron chi connectivity index (χ0n) is 16.7. The summed E-state index contributed by atoms with van der Waals surface area (Å²) in [4.78, 5) is 2.52. The molecule has 0 amide bonds. The molecule has 1 fully saturated rings. The van der Waals surface area contributed by atoms with Gasteiger partial charge in [0.05, 0.1) is 28.6 Å². The molecule has 9 heteroatoms. The van der Waals surface area contributed by atoms with E-state index in [9.17, 15) is 0 Å². The summed E-state index contributed by atoms with van der Waals surface area (Å²) in [6, 6.07) is 12.3. The smallest absolute Gasteiger partial charge is 0.0938 e. The van der Waals surface area contributed by atoms with Crippen molar-refractivity contribution in [2.45, 2.75) is 38.4 Å². The predicted molar refractivity (Wildman–Crippen MR) is 125 cm³/mol. The zero-order chi connectivity index (χ0) is 18.9. The molecule has 2 aromatic heterocycles. The molecular weight excluding hydrogens is 443 g/mol. The molecule has 3 aromatic rings. The standard InChI is InChI=1S/C21H25ClN6.2ClH/c22-19-4-2-1-3-18(19)21-12-20(24-25-21)15-5-8-27(9-6-15)14-16-11-17-13-23-7-10-28(17)26-16;;/h1-4,11-12,15,23H,5-10,13-14H2,(H,24,25);2*1H. The molecule has 0 aliphatic carbocycles. The van der Waals surface area contributed by atoms with E-state index in [1.165, 1.54) is 17.1 Å². The lowest BCUT2D eigenvalue weighted by Crippen LogP contribution is -2.32. The van der Waals surface area contributed by atoms with Crippen LogP contribution in [0.2, 0.25) is 5.02 Å². The van der Waals surface area contributed by atoms with Crippen LogP contribution >= 0.6 is 36.4 Å². The number of aromatic nitrogens is 4. The molecule has 30 heavy (non-hydrogen) atoms. The van der Waals surface area contributed by atoms with E-state index in [0.717, 1.165) is 68.4 Å². The maximum absolute atomic E-state index is 6.32. The van der Waals surface area contributed by atoms with E-state index in [1.807, 2.05) is 24.3 Å². The molecule has 2 N–H and O–H groups in total. The molecule has 0 atom stereocenters. The van der Waals surface area contributed by atoms with Gasteiger partial charge in [0.2, 0.25) is 0 Å². The lowest BCUT2D eigenvalue weighted by atomic mass is 9.93. The van der Waals surface area contributed by atoms with Crippen LogP contribution in [0.5, 0.6) is 0 Å². The molecule has 0 spiro atoms. The van der Waals surface area contributed by atoms with Crippen LogP contribution in [-0.2, 0) is 19.6 Å². The summed E-state index contributed by atoms with van der Waals surface area (Å²) in [6.07, 6.45) is 2.28. The SMILES string of the molecule is Cl.Cl.Clc1ccccc1-c1cc(C2CCN(Cc3cc4n(n3)CCNC4)CC2)[nH]n1. The summed E-state index contributed by atoms with van der Waals surface area (Å²) in [6.45, 7) is 6.05. The zero-order valence-corrected chi connectivity index (χ0v) is 19.1. The average Bonchev–Trinajstić information content (AvgIpc) is 3.36. The van der Waals surface area contributed by atoms with Gasteiger partial charge in [-0.15, -0.1) is 24.8 Å². The van der Waals surface area contributed by atoms with Crippen LogP contribution in [-0.4, -0.2) is 44.5 Å². The second kappa shape index (κ2) is 10.2. The van der Waals surface area contributed by atoms with Crippen LogP contribution < -0.4 is 5.32 Å². The first-order valence-electron chi connectivity index (χ1n) is 10.0. The molecular formula is C21H27Cl3N6. The van der Waals surface area contributed by atoms with E-state index in [0.29, 0.717) is 5.92 Å². The Morgan fingerprint density at radius 3 is 2.63 bits per heavy atom. The number of halogens is 3. The molecule has 6 nitrogen and oxygen atoms in total. The van der Waals surface area contributed by atoms with Gasteiger partial charge in [-0.05, 0) is 44.1 Å². The van der Waals surface area contributed by atoms with E-state index in [4.69, 9.17) is 16.7 Å². The molecule has 162 valence electrons. The number of aromatic amines is 1. The van der Waals surface area contributed by atoms with Crippen LogP contribution in [0.25, 0.3) is 11.3 Å². The Morgan fingerprint density at radius 2 is 1.87 bits per heavy atom. The minimum atomic E-state index is 0. The Morgan fingerprint density at radius 1 is 1.07 bits per heavy atom. The molecule has 0 radical (unpaired) electrons. The Balaban J connectivity index is 0.00000128. The molecule has 1 saturated heterocycles. The fourth-order valence-corrected chi connectivity index (χ4v) is 4.55. The van der Waals surface area contributed by atoms with E-state index in [2.05, 4.69) is 37.2 Å². The second-order valence-electron chi connectivity index (χ2n) is 7.77. The van der Waals surface area contributed by atoms with Crippen LogP contribution in [0.3, 0.4) is 0 Å². The number of fused-ring (bicyclic) bond motifs is 1. The molecule has 0 bridgehead atoms. The molecule has 0 saturated carbocycles. The maximum Gasteiger partial charge on any atom is 0.0938 e. The monoisotopic (exact) mass is 468 g/mol. The van der Waals surface area contributed by atoms with Gasteiger partial charge < -0.3 is 5.32 Å². The van der Waals surface area contributed by atoms with Crippen molar-refractivity contribution in [3.05, 3.63) is 58.5 Å². The molecule has 4 heterocycles. The van der Waals surface area contributed by atoms with Gasteiger partial charge in [0.1, 0.15) is 0 Å². The summed E-state index contributed by atoms with van der Waals surface area (Å²) in [7, 11) is 0. The van der Waals surface area contributed by atoms with Gasteiger partial charge in [0.15, 0.2) is 0 Å². The predicted octanol–water partition coefficient (Wildman–Crippen LogP) is 4.25. The van der Waals surface area contributed by atoms with Gasteiger partial charge >= 0.3 is 0 Å². The number of hydrogen-bond donors (Lipinski definition) is 2. The quantitative estimate of drug-likeness (QED) is 0.599. The lowest BCUT2D eigenvalue weighted by Gasteiger charge is -2.30. The van der Waals surface area contributed by atoms with Crippen molar-refractivity contribution < 1.29 is 0 Å². The molecule has 2 aliphatic heterocycles. The van der Waals surface area contributed by atoms with Gasteiger partial charge in [-0.1, -0.05) is 29.8 Å². The summed E-state index contributed by atoms with van der Waals surface area (Å²) in [5.74, 6) is 0.527. The highest BCUT2D eigenvalue weighted by molar-refractivity contribution is 6.33. The summed E-state index contributed by atoms with van der Waals surface area (Å²) in [5, 5.41) is 16.7. The number of nitrogens with zero attached hydrogens (tertiary/aromatic N) is 4. The van der Waals surface area contributed by atoms with E-state index >= 15 is 0 Å². The average molecular weight is 470 g/mol. The number of nitrogens with one attached hydrogen (secondary N) is 2. The highest BCUT2D eigenvalue weighted by Crippen LogP contribution is 2.32. The number of piperidine rings is 1. The Bertz CT molecular complexity index is 938. The van der Waals surface area contributed by atoms with Gasteiger partial charge in [-0.3, -0.25) is 14.7 Å². The van der Waals surface area contributed by atoms with E-state index in [-0.39, 0.29) is 24.8 Å². The number of likely N-dealkylation sites (tertiary alicyclic amines) is 1. The first kappa shape index (κ1) is 23.1. The normalized spacial score (nSPS) is 17.1. The van der Waals surface area contributed by atoms with Crippen molar-refractivity contribution in [2.24, 2.45) is 0 Å². The number of hydrogen-bond acceptors (Lipinski definition) is 4. The van der Waals surface area contributed by atoms with Gasteiger partial charge in [0.25, 0.3) is 0 Å². The molecule has 0 unspecified atom stereocenters. The van der Waals surface area contributed by atoms with Crippen LogP contribution in [0, 0.1) is 0 Å². The van der Waals surface area contributed by atoms with Crippen molar-refractivity contribution in [1.29, 1.82) is 0 Å². The van der Waals surface area contributed by atoms with Gasteiger partial charge in [0, 0.05) is 36.8 Å². The van der Waals surface area contributed by atoms with Crippen LogP contribution in [0.1, 0.15) is 35.8 Å². The van der Waals surface area contributed by atoms with Gasteiger partial charge in [-0.2, -0.15) is 10.2 Å².